The maximum atomic E-state index is 11.8. The molecule has 23 heavy (non-hydrogen) atoms. The highest BCUT2D eigenvalue weighted by Gasteiger charge is 2.01. The molecule has 0 aliphatic rings. The van der Waals surface area contributed by atoms with Gasteiger partial charge in [0.05, 0.1) is 7.11 Å². The molecule has 0 spiro atoms. The van der Waals surface area contributed by atoms with Crippen LogP contribution in [0.5, 0.6) is 5.75 Å². The van der Waals surface area contributed by atoms with E-state index in [0.29, 0.717) is 5.02 Å². The maximum Gasteiger partial charge on any atom is 0.250 e. The highest BCUT2D eigenvalue weighted by atomic mass is 35.5. The number of nitrogens with one attached hydrogen (secondary N) is 2. The number of rotatable bonds is 4. The summed E-state index contributed by atoms with van der Waals surface area (Å²) in [7, 11) is 1.60. The van der Waals surface area contributed by atoms with Crippen molar-refractivity contribution in [3.8, 4) is 5.75 Å². The van der Waals surface area contributed by atoms with Crippen molar-refractivity contribution >= 4 is 46.6 Å². The van der Waals surface area contributed by atoms with Gasteiger partial charge in [-0.2, -0.15) is 0 Å². The number of hydrogen-bond acceptors (Lipinski definition) is 3. The van der Waals surface area contributed by atoms with Gasteiger partial charge in [0.1, 0.15) is 5.75 Å². The first-order chi connectivity index (χ1) is 11.1. The van der Waals surface area contributed by atoms with Crippen molar-refractivity contribution in [2.75, 3.05) is 12.4 Å². The average Bonchev–Trinajstić information content (AvgIpc) is 2.55. The second kappa shape index (κ2) is 8.31. The summed E-state index contributed by atoms with van der Waals surface area (Å²) in [6, 6.07) is 14.4. The molecule has 0 unspecified atom stereocenters. The van der Waals surface area contributed by atoms with Crippen LogP contribution in [0.25, 0.3) is 6.08 Å². The largest absolute Gasteiger partial charge is 0.497 e. The van der Waals surface area contributed by atoms with Gasteiger partial charge in [-0.15, -0.1) is 0 Å². The molecule has 0 saturated heterocycles. The number of amides is 1. The molecule has 0 aliphatic heterocycles. The van der Waals surface area contributed by atoms with Crippen molar-refractivity contribution in [3.05, 3.63) is 65.2 Å². The predicted octanol–water partition coefficient (Wildman–Crippen LogP) is 3.88. The lowest BCUT2D eigenvalue weighted by molar-refractivity contribution is -0.115. The molecule has 1 amide bonds. The Balaban J connectivity index is 1.86. The number of methoxy groups -OCH3 is 1. The average molecular weight is 347 g/mol. The highest BCUT2D eigenvalue weighted by Crippen LogP contribution is 2.13. The van der Waals surface area contributed by atoms with Gasteiger partial charge in [0.25, 0.3) is 0 Å². The van der Waals surface area contributed by atoms with Gasteiger partial charge in [0, 0.05) is 16.8 Å². The van der Waals surface area contributed by atoms with Crippen LogP contribution in [0.4, 0.5) is 5.69 Å². The minimum absolute atomic E-state index is 0.219. The lowest BCUT2D eigenvalue weighted by atomic mass is 10.2. The Morgan fingerprint density at radius 1 is 1.13 bits per heavy atom. The number of thiocarbonyl (C=S) groups is 1. The van der Waals surface area contributed by atoms with E-state index in [1.807, 2.05) is 24.3 Å². The lowest BCUT2D eigenvalue weighted by Crippen LogP contribution is -2.32. The van der Waals surface area contributed by atoms with E-state index < -0.39 is 0 Å². The van der Waals surface area contributed by atoms with Crippen molar-refractivity contribution in [1.29, 1.82) is 0 Å². The summed E-state index contributed by atoms with van der Waals surface area (Å²) in [6.45, 7) is 0. The molecule has 0 bridgehead atoms. The molecule has 0 atom stereocenters. The van der Waals surface area contributed by atoms with Crippen molar-refractivity contribution in [2.45, 2.75) is 0 Å². The van der Waals surface area contributed by atoms with Crippen molar-refractivity contribution < 1.29 is 9.53 Å². The van der Waals surface area contributed by atoms with Gasteiger partial charge in [0.15, 0.2) is 5.11 Å². The smallest absolute Gasteiger partial charge is 0.250 e. The van der Waals surface area contributed by atoms with E-state index in [0.717, 1.165) is 17.0 Å². The van der Waals surface area contributed by atoms with Crippen LogP contribution in [-0.2, 0) is 4.79 Å². The summed E-state index contributed by atoms with van der Waals surface area (Å²) >= 11 is 10.9. The molecule has 2 aromatic rings. The summed E-state index contributed by atoms with van der Waals surface area (Å²) in [4.78, 5) is 11.8. The minimum atomic E-state index is -0.313. The maximum absolute atomic E-state index is 11.8. The second-order valence-corrected chi connectivity index (χ2v) is 5.40. The first-order valence-electron chi connectivity index (χ1n) is 6.76. The SMILES string of the molecule is COc1ccc(C=CC(=O)NC(=S)Nc2ccc(Cl)cc2)cc1. The molecule has 0 aromatic heterocycles. The Hall–Kier alpha value is -2.37. The Kier molecular flexibility index (Phi) is 6.14. The molecule has 2 N–H and O–H groups in total. The van der Waals surface area contributed by atoms with Gasteiger partial charge >= 0.3 is 0 Å². The van der Waals surface area contributed by atoms with Crippen LogP contribution in [0.1, 0.15) is 5.56 Å². The predicted molar refractivity (Wildman–Crippen MR) is 97.8 cm³/mol. The molecule has 118 valence electrons. The molecule has 0 radical (unpaired) electrons. The number of ether oxygens (including phenoxy) is 1. The molecule has 0 heterocycles. The van der Waals surface area contributed by atoms with Crippen molar-refractivity contribution in [3.63, 3.8) is 0 Å². The quantitative estimate of drug-likeness (QED) is 0.651. The zero-order valence-corrected chi connectivity index (χ0v) is 13.9. The Morgan fingerprint density at radius 2 is 1.78 bits per heavy atom. The van der Waals surface area contributed by atoms with E-state index >= 15 is 0 Å². The van der Waals surface area contributed by atoms with E-state index in [-0.39, 0.29) is 11.0 Å². The number of halogens is 1. The third-order valence-electron chi connectivity index (χ3n) is 2.88. The van der Waals surface area contributed by atoms with Gasteiger partial charge in [-0.25, -0.2) is 0 Å². The summed E-state index contributed by atoms with van der Waals surface area (Å²) in [6.07, 6.45) is 3.11. The monoisotopic (exact) mass is 346 g/mol. The van der Waals surface area contributed by atoms with E-state index in [2.05, 4.69) is 10.6 Å². The molecule has 2 aromatic carbocycles. The fourth-order valence-corrected chi connectivity index (χ4v) is 2.08. The van der Waals surface area contributed by atoms with E-state index in [1.165, 1.54) is 6.08 Å². The summed E-state index contributed by atoms with van der Waals surface area (Å²) < 4.78 is 5.07. The Bertz CT molecular complexity index is 712. The molecule has 0 saturated carbocycles. The first kappa shape index (κ1) is 17.0. The van der Waals surface area contributed by atoms with Gasteiger partial charge in [-0.05, 0) is 60.3 Å². The van der Waals surface area contributed by atoms with Crippen LogP contribution < -0.4 is 15.4 Å². The summed E-state index contributed by atoms with van der Waals surface area (Å²) in [5.41, 5.74) is 1.64. The van der Waals surface area contributed by atoms with Crippen LogP contribution in [0.3, 0.4) is 0 Å². The van der Waals surface area contributed by atoms with Crippen LogP contribution in [0, 0.1) is 0 Å². The minimum Gasteiger partial charge on any atom is -0.497 e. The second-order valence-electron chi connectivity index (χ2n) is 4.56. The number of benzene rings is 2. The standard InChI is InChI=1S/C17H15ClN2O2S/c1-22-15-9-2-12(3-10-15)4-11-16(21)20-17(23)19-14-7-5-13(18)6-8-14/h2-11H,1H3,(H2,19,20,21,23). The van der Waals surface area contributed by atoms with Crippen LogP contribution in [0.15, 0.2) is 54.6 Å². The zero-order valence-electron chi connectivity index (χ0n) is 12.4. The fraction of sp³-hybridized carbons (Fsp3) is 0.0588. The van der Waals surface area contributed by atoms with Crippen LogP contribution in [-0.4, -0.2) is 18.1 Å². The molecule has 4 nitrogen and oxygen atoms in total. The third-order valence-corrected chi connectivity index (χ3v) is 3.34. The highest BCUT2D eigenvalue weighted by molar-refractivity contribution is 7.80. The molecule has 0 fully saturated rings. The number of anilines is 1. The number of hydrogen-bond donors (Lipinski definition) is 2. The normalized spacial score (nSPS) is 10.3. The number of carbonyl (C=O) groups excluding carboxylic acids is 1. The van der Waals surface area contributed by atoms with Crippen LogP contribution in [0.2, 0.25) is 5.02 Å². The third kappa shape index (κ3) is 5.73. The van der Waals surface area contributed by atoms with Crippen molar-refractivity contribution in [1.82, 2.24) is 5.32 Å². The summed E-state index contributed by atoms with van der Waals surface area (Å²) in [5, 5.41) is 6.33. The van der Waals surface area contributed by atoms with Gasteiger partial charge in [0.2, 0.25) is 5.91 Å². The van der Waals surface area contributed by atoms with E-state index in [9.17, 15) is 4.79 Å². The molecule has 2 rings (SSSR count). The van der Waals surface area contributed by atoms with Crippen molar-refractivity contribution in [2.24, 2.45) is 0 Å². The van der Waals surface area contributed by atoms with E-state index in [1.54, 1.807) is 37.5 Å². The van der Waals surface area contributed by atoms with E-state index in [4.69, 9.17) is 28.6 Å². The molecule has 0 aliphatic carbocycles. The zero-order chi connectivity index (χ0) is 16.7. The summed E-state index contributed by atoms with van der Waals surface area (Å²) in [5.74, 6) is 0.451. The van der Waals surface area contributed by atoms with Crippen LogP contribution >= 0.6 is 23.8 Å². The molecular formula is C17H15ClN2O2S. The van der Waals surface area contributed by atoms with Gasteiger partial charge in [-0.1, -0.05) is 23.7 Å². The molecular weight excluding hydrogens is 332 g/mol. The number of carbonyl (C=O) groups is 1. The Morgan fingerprint density at radius 3 is 2.39 bits per heavy atom. The lowest BCUT2D eigenvalue weighted by Gasteiger charge is -2.07. The molecule has 6 heteroatoms. The fourth-order valence-electron chi connectivity index (χ4n) is 1.74. The topological polar surface area (TPSA) is 50.4 Å². The van der Waals surface area contributed by atoms with Gasteiger partial charge < -0.3 is 10.1 Å². The Labute approximate surface area is 145 Å². The van der Waals surface area contributed by atoms with Gasteiger partial charge in [-0.3, -0.25) is 10.1 Å². The first-order valence-corrected chi connectivity index (χ1v) is 7.55.